The van der Waals surface area contributed by atoms with Gasteiger partial charge >= 0.3 is 0 Å². The number of hydrogen-bond donors (Lipinski definition) is 2. The molecule has 4 amide bonds. The lowest BCUT2D eigenvalue weighted by Crippen LogP contribution is -2.53. The second-order valence-electron chi connectivity index (χ2n) is 7.94. The summed E-state index contributed by atoms with van der Waals surface area (Å²) < 4.78 is 4.92. The first kappa shape index (κ1) is 18.2. The molecule has 9 heteroatoms. The van der Waals surface area contributed by atoms with Gasteiger partial charge in [0.15, 0.2) is 0 Å². The number of nitrogens with one attached hydrogen (secondary N) is 2. The van der Waals surface area contributed by atoms with E-state index >= 15 is 0 Å². The van der Waals surface area contributed by atoms with Crippen molar-refractivity contribution in [3.63, 3.8) is 0 Å². The molecule has 0 aromatic rings. The number of methoxy groups -OCH3 is 1. The van der Waals surface area contributed by atoms with Crippen LogP contribution in [-0.2, 0) is 23.9 Å². The molecule has 148 valence electrons. The number of fused-ring (bicyclic) bond motifs is 2. The molecule has 4 unspecified atom stereocenters. The lowest BCUT2D eigenvalue weighted by atomic mass is 9.84. The lowest BCUT2D eigenvalue weighted by Gasteiger charge is -2.29. The van der Waals surface area contributed by atoms with Crippen LogP contribution in [0.3, 0.4) is 0 Å². The van der Waals surface area contributed by atoms with Gasteiger partial charge in [0.25, 0.3) is 0 Å². The summed E-state index contributed by atoms with van der Waals surface area (Å²) in [7, 11) is 1.44. The molecule has 9 nitrogen and oxygen atoms in total. The van der Waals surface area contributed by atoms with Crippen molar-refractivity contribution in [1.82, 2.24) is 20.4 Å². The molecule has 27 heavy (non-hydrogen) atoms. The lowest BCUT2D eigenvalue weighted by molar-refractivity contribution is -0.146. The molecule has 0 bridgehead atoms. The summed E-state index contributed by atoms with van der Waals surface area (Å²) in [6.07, 6.45) is 3.87. The molecule has 4 aliphatic rings. The van der Waals surface area contributed by atoms with Crippen LogP contribution in [0.25, 0.3) is 0 Å². The Morgan fingerprint density at radius 2 is 2.04 bits per heavy atom. The molecule has 3 aliphatic heterocycles. The molecule has 0 aromatic carbocycles. The first-order valence-electron chi connectivity index (χ1n) is 9.69. The summed E-state index contributed by atoms with van der Waals surface area (Å²) in [6.45, 7) is 0.642. The number of carbonyl (C=O) groups excluding carboxylic acids is 4. The van der Waals surface area contributed by atoms with Gasteiger partial charge in [0, 0.05) is 32.2 Å². The zero-order chi connectivity index (χ0) is 19.1. The summed E-state index contributed by atoms with van der Waals surface area (Å²) in [6, 6.07) is -1.87. The third kappa shape index (κ3) is 3.18. The smallest absolute Gasteiger partial charge is 0.249 e. The van der Waals surface area contributed by atoms with Gasteiger partial charge in [-0.1, -0.05) is 6.42 Å². The maximum atomic E-state index is 13.2. The SMILES string of the molecule is COCC(=O)N1CCC2NC(=O)C3CC(NC(=O)C4CCC4)CN3C(=O)C21. The van der Waals surface area contributed by atoms with Crippen LogP contribution in [0.4, 0.5) is 0 Å². The van der Waals surface area contributed by atoms with Crippen molar-refractivity contribution in [3.8, 4) is 0 Å². The summed E-state index contributed by atoms with van der Waals surface area (Å²) in [5, 5.41) is 5.94. The maximum absolute atomic E-state index is 13.2. The second-order valence-corrected chi connectivity index (χ2v) is 7.94. The second kappa shape index (κ2) is 7.10. The molecule has 2 N–H and O–H groups in total. The average molecular weight is 378 g/mol. The van der Waals surface area contributed by atoms with Gasteiger partial charge in [0.2, 0.25) is 23.6 Å². The topological polar surface area (TPSA) is 108 Å². The largest absolute Gasteiger partial charge is 0.375 e. The van der Waals surface area contributed by atoms with Gasteiger partial charge in [-0.3, -0.25) is 19.2 Å². The summed E-state index contributed by atoms with van der Waals surface area (Å²) in [5.41, 5.74) is 0. The van der Waals surface area contributed by atoms with E-state index in [4.69, 9.17) is 4.74 Å². The highest BCUT2D eigenvalue weighted by Gasteiger charge is 2.52. The van der Waals surface area contributed by atoms with Gasteiger partial charge in [-0.05, 0) is 25.7 Å². The molecule has 4 atom stereocenters. The van der Waals surface area contributed by atoms with Gasteiger partial charge in [0.1, 0.15) is 18.7 Å². The van der Waals surface area contributed by atoms with Crippen molar-refractivity contribution >= 4 is 23.6 Å². The first-order valence-corrected chi connectivity index (χ1v) is 9.69. The number of nitrogens with zero attached hydrogens (tertiary/aromatic N) is 2. The number of rotatable bonds is 4. The molecule has 1 aliphatic carbocycles. The fraction of sp³-hybridized carbons (Fsp3) is 0.778. The van der Waals surface area contributed by atoms with Crippen LogP contribution in [0.5, 0.6) is 0 Å². The highest BCUT2D eigenvalue weighted by Crippen LogP contribution is 2.30. The van der Waals surface area contributed by atoms with Crippen LogP contribution >= 0.6 is 0 Å². The van der Waals surface area contributed by atoms with Crippen molar-refractivity contribution in [3.05, 3.63) is 0 Å². The van der Waals surface area contributed by atoms with E-state index < -0.39 is 12.1 Å². The molecule has 0 spiro atoms. The van der Waals surface area contributed by atoms with Crippen molar-refractivity contribution < 1.29 is 23.9 Å². The molecule has 3 heterocycles. The molecule has 4 fully saturated rings. The molecule has 1 saturated carbocycles. The van der Waals surface area contributed by atoms with E-state index in [1.807, 2.05) is 0 Å². The van der Waals surface area contributed by atoms with Crippen LogP contribution < -0.4 is 10.6 Å². The highest BCUT2D eigenvalue weighted by molar-refractivity contribution is 5.96. The molecule has 0 aromatic heterocycles. The molecular formula is C18H26N4O5. The van der Waals surface area contributed by atoms with Gasteiger partial charge in [0.05, 0.1) is 6.04 Å². The van der Waals surface area contributed by atoms with Gasteiger partial charge in [-0.15, -0.1) is 0 Å². The predicted molar refractivity (Wildman–Crippen MR) is 93.3 cm³/mol. The molecule has 4 rings (SSSR count). The van der Waals surface area contributed by atoms with Crippen molar-refractivity contribution in [2.24, 2.45) is 5.92 Å². The van der Waals surface area contributed by atoms with Crippen LogP contribution in [0.1, 0.15) is 32.1 Å². The summed E-state index contributed by atoms with van der Waals surface area (Å²) in [5.74, 6) is -0.577. The zero-order valence-electron chi connectivity index (χ0n) is 15.5. The minimum absolute atomic E-state index is 0.0207. The predicted octanol–water partition coefficient (Wildman–Crippen LogP) is -1.38. The third-order valence-electron chi connectivity index (χ3n) is 6.28. The number of likely N-dealkylation sites (tertiary alicyclic amines) is 1. The Labute approximate surface area is 157 Å². The Hall–Kier alpha value is -2.16. The summed E-state index contributed by atoms with van der Waals surface area (Å²) in [4.78, 5) is 53.5. The first-order chi connectivity index (χ1) is 13.0. The Morgan fingerprint density at radius 1 is 1.26 bits per heavy atom. The quantitative estimate of drug-likeness (QED) is 0.627. The van der Waals surface area contributed by atoms with E-state index in [1.54, 1.807) is 4.90 Å². The van der Waals surface area contributed by atoms with E-state index in [1.165, 1.54) is 12.0 Å². The Balaban J connectivity index is 1.48. The fourth-order valence-electron chi connectivity index (χ4n) is 4.61. The number of ether oxygens (including phenoxy) is 1. The highest BCUT2D eigenvalue weighted by atomic mass is 16.5. The summed E-state index contributed by atoms with van der Waals surface area (Å²) >= 11 is 0. The third-order valence-corrected chi connectivity index (χ3v) is 6.28. The van der Waals surface area contributed by atoms with Gasteiger partial charge in [-0.25, -0.2) is 0 Å². The molecule has 3 saturated heterocycles. The van der Waals surface area contributed by atoms with Crippen molar-refractivity contribution in [2.75, 3.05) is 26.8 Å². The average Bonchev–Trinajstić information content (AvgIpc) is 3.15. The van der Waals surface area contributed by atoms with Crippen molar-refractivity contribution in [2.45, 2.75) is 56.3 Å². The standard InChI is InChI=1S/C18H26N4O5/c1-27-9-14(23)21-6-5-12-15(21)18(26)22-8-11(7-13(22)17(25)20-12)19-16(24)10-3-2-4-10/h10-13,15H,2-9H2,1H3,(H,19,24)(H,20,25). The maximum Gasteiger partial charge on any atom is 0.249 e. The van der Waals surface area contributed by atoms with E-state index in [-0.39, 0.29) is 48.2 Å². The zero-order valence-corrected chi connectivity index (χ0v) is 15.5. The molecule has 0 radical (unpaired) electrons. The van der Waals surface area contributed by atoms with Crippen LogP contribution in [0.2, 0.25) is 0 Å². The van der Waals surface area contributed by atoms with E-state index in [2.05, 4.69) is 10.6 Å². The molecular weight excluding hydrogens is 352 g/mol. The van der Waals surface area contributed by atoms with E-state index in [9.17, 15) is 19.2 Å². The van der Waals surface area contributed by atoms with Crippen molar-refractivity contribution in [1.29, 1.82) is 0 Å². The Bertz CT molecular complexity index is 664. The fourth-order valence-corrected chi connectivity index (χ4v) is 4.61. The van der Waals surface area contributed by atoms with E-state index in [0.29, 0.717) is 25.9 Å². The Kier molecular flexibility index (Phi) is 4.79. The van der Waals surface area contributed by atoms with Gasteiger partial charge in [-0.2, -0.15) is 0 Å². The van der Waals surface area contributed by atoms with Gasteiger partial charge < -0.3 is 25.2 Å². The normalized spacial score (nSPS) is 33.1. The Morgan fingerprint density at radius 3 is 2.70 bits per heavy atom. The van der Waals surface area contributed by atoms with Crippen LogP contribution in [0, 0.1) is 5.92 Å². The van der Waals surface area contributed by atoms with Crippen LogP contribution in [0.15, 0.2) is 0 Å². The number of carbonyl (C=O) groups is 4. The van der Waals surface area contributed by atoms with E-state index in [0.717, 1.165) is 19.3 Å². The number of amides is 4. The number of hydrogen-bond acceptors (Lipinski definition) is 5. The minimum atomic E-state index is -0.692. The minimum Gasteiger partial charge on any atom is -0.375 e. The monoisotopic (exact) mass is 378 g/mol. The van der Waals surface area contributed by atoms with Crippen LogP contribution in [-0.4, -0.2) is 84.4 Å².